The van der Waals surface area contributed by atoms with Gasteiger partial charge >= 0.3 is 5.97 Å². The number of hydrogen-bond acceptors (Lipinski definition) is 10. The van der Waals surface area contributed by atoms with Crippen LogP contribution in [0.25, 0.3) is 11.0 Å². The topological polar surface area (TPSA) is 165 Å². The molecule has 3 aromatic rings. The van der Waals surface area contributed by atoms with Crippen LogP contribution in [0.3, 0.4) is 0 Å². The van der Waals surface area contributed by atoms with Crippen LogP contribution in [0.15, 0.2) is 79.9 Å². The van der Waals surface area contributed by atoms with Crippen LogP contribution in [0.1, 0.15) is 51.2 Å². The zero-order valence-corrected chi connectivity index (χ0v) is 33.6. The van der Waals surface area contributed by atoms with Gasteiger partial charge in [0.05, 0.1) is 48.8 Å². The Morgan fingerprint density at radius 3 is 2.55 bits per heavy atom. The van der Waals surface area contributed by atoms with Gasteiger partial charge in [-0.3, -0.25) is 19.2 Å². The minimum atomic E-state index is -1.43. The van der Waals surface area contributed by atoms with Gasteiger partial charge < -0.3 is 34.4 Å². The summed E-state index contributed by atoms with van der Waals surface area (Å²) >= 11 is 3.75. The molecule has 3 aliphatic heterocycles. The van der Waals surface area contributed by atoms with Crippen LogP contribution in [-0.2, 0) is 40.1 Å². The molecule has 1 unspecified atom stereocenters. The van der Waals surface area contributed by atoms with E-state index in [1.54, 1.807) is 46.0 Å². The van der Waals surface area contributed by atoms with Gasteiger partial charge in [-0.2, -0.15) is 0 Å². The molecule has 1 aromatic heterocycles. The zero-order valence-electron chi connectivity index (χ0n) is 32.0. The molecule has 6 rings (SSSR count). The summed E-state index contributed by atoms with van der Waals surface area (Å²) in [5.41, 5.74) is 0.562. The number of para-hydroxylation sites is 1. The molecule has 0 saturated carbocycles. The fraction of sp³-hybridized carbons (Fsp3) is 0.512. The molecule has 300 valence electrons. The van der Waals surface area contributed by atoms with E-state index in [1.807, 2.05) is 44.2 Å². The number of nitrogens with one attached hydrogen (secondary N) is 1. The number of carbonyl (C=O) groups is 4. The molecule has 14 nitrogen and oxygen atoms in total. The lowest BCUT2D eigenvalue weighted by Gasteiger charge is -2.39. The Bertz CT molecular complexity index is 1910. The van der Waals surface area contributed by atoms with E-state index in [1.165, 1.54) is 12.0 Å². The van der Waals surface area contributed by atoms with Gasteiger partial charge in [0.2, 0.25) is 17.7 Å². The third kappa shape index (κ3) is 7.91. The number of esters is 1. The van der Waals surface area contributed by atoms with E-state index in [-0.39, 0.29) is 44.5 Å². The Labute approximate surface area is 335 Å². The second kappa shape index (κ2) is 17.8. The van der Waals surface area contributed by atoms with E-state index in [0.29, 0.717) is 23.9 Å². The Morgan fingerprint density at radius 2 is 1.88 bits per heavy atom. The maximum Gasteiger partial charge on any atom is 0.313 e. The molecule has 3 saturated heterocycles. The van der Waals surface area contributed by atoms with Gasteiger partial charge in [0.25, 0.3) is 0 Å². The molecule has 2 N–H and O–H groups in total. The van der Waals surface area contributed by atoms with Crippen molar-refractivity contribution in [2.75, 3.05) is 26.9 Å². The number of methoxy groups -OCH3 is 1. The number of carbonyl (C=O) groups excluding carboxylic acids is 4. The van der Waals surface area contributed by atoms with E-state index in [2.05, 4.69) is 44.7 Å². The van der Waals surface area contributed by atoms with Crippen molar-refractivity contribution in [3.8, 4) is 0 Å². The first-order valence-corrected chi connectivity index (χ1v) is 20.0. The quantitative estimate of drug-likeness (QED) is 0.103. The zero-order chi connectivity index (χ0) is 40.1. The van der Waals surface area contributed by atoms with Crippen LogP contribution < -0.4 is 5.32 Å². The fourth-order valence-electron chi connectivity index (χ4n) is 8.68. The lowest BCUT2D eigenvalue weighted by Crippen LogP contribution is -2.59. The average molecular weight is 836 g/mol. The molecule has 3 fully saturated rings. The number of ether oxygens (including phenoxy) is 3. The third-order valence-corrected chi connectivity index (χ3v) is 11.8. The van der Waals surface area contributed by atoms with Crippen molar-refractivity contribution in [3.05, 3.63) is 85.5 Å². The minimum absolute atomic E-state index is 0.00339. The maximum atomic E-state index is 15.1. The second-order valence-electron chi connectivity index (χ2n) is 15.2. The summed E-state index contributed by atoms with van der Waals surface area (Å²) in [5.74, 6) is -4.01. The van der Waals surface area contributed by atoms with Gasteiger partial charge in [0, 0.05) is 24.9 Å². The first-order valence-electron chi connectivity index (χ1n) is 19.1. The molecule has 9 atom stereocenters. The first kappa shape index (κ1) is 41.2. The van der Waals surface area contributed by atoms with Crippen LogP contribution in [0.2, 0.25) is 0 Å². The summed E-state index contributed by atoms with van der Waals surface area (Å²) < 4.78 is 20.3. The van der Waals surface area contributed by atoms with Crippen LogP contribution >= 0.6 is 15.9 Å². The lowest BCUT2D eigenvalue weighted by atomic mass is 9.70. The number of aliphatic hydroxyl groups excluding tert-OH is 1. The number of halogens is 1. The van der Waals surface area contributed by atoms with Gasteiger partial charge in [0.1, 0.15) is 29.9 Å². The normalized spacial score (nSPS) is 25.5. The number of aliphatic hydroxyl groups is 1. The summed E-state index contributed by atoms with van der Waals surface area (Å²) in [6.45, 7) is 11.3. The molecule has 3 aliphatic rings. The van der Waals surface area contributed by atoms with Crippen molar-refractivity contribution >= 4 is 50.7 Å². The summed E-state index contributed by atoms with van der Waals surface area (Å²) in [5, 5.41) is 22.3. The summed E-state index contributed by atoms with van der Waals surface area (Å²) in [6.07, 6.45) is 2.76. The van der Waals surface area contributed by atoms with Crippen LogP contribution in [-0.4, -0.2) is 115 Å². The molecular formula is C41H51BrN6O8. The van der Waals surface area contributed by atoms with Crippen molar-refractivity contribution < 1.29 is 38.5 Å². The number of alkyl halides is 1. The van der Waals surface area contributed by atoms with Crippen molar-refractivity contribution in [2.45, 2.75) is 87.0 Å². The molecule has 0 aliphatic carbocycles. The second-order valence-corrected chi connectivity index (χ2v) is 16.3. The molecular weight excluding hydrogens is 784 g/mol. The van der Waals surface area contributed by atoms with Gasteiger partial charge in [-0.15, -0.1) is 18.3 Å². The van der Waals surface area contributed by atoms with Crippen molar-refractivity contribution in [2.24, 2.45) is 17.8 Å². The summed E-state index contributed by atoms with van der Waals surface area (Å²) in [6, 6.07) is 13.7. The predicted octanol–water partition coefficient (Wildman–Crippen LogP) is 3.94. The molecule has 56 heavy (non-hydrogen) atoms. The number of nitrogens with zero attached hydrogens (tertiary/aromatic N) is 5. The number of rotatable bonds is 19. The summed E-state index contributed by atoms with van der Waals surface area (Å²) in [4.78, 5) is 60.5. The number of amides is 3. The Morgan fingerprint density at radius 1 is 1.14 bits per heavy atom. The Hall–Kier alpha value is -4.44. The van der Waals surface area contributed by atoms with Gasteiger partial charge in [-0.05, 0) is 42.9 Å². The van der Waals surface area contributed by atoms with E-state index >= 15 is 9.59 Å². The molecule has 2 aromatic carbocycles. The van der Waals surface area contributed by atoms with Gasteiger partial charge in [-0.1, -0.05) is 89.6 Å². The largest absolute Gasteiger partial charge is 0.455 e. The highest BCUT2D eigenvalue weighted by Gasteiger charge is 2.77. The monoisotopic (exact) mass is 834 g/mol. The van der Waals surface area contributed by atoms with Crippen molar-refractivity contribution in [1.82, 2.24) is 30.1 Å². The highest BCUT2D eigenvalue weighted by atomic mass is 79.9. The number of aromatic nitrogens is 3. The predicted molar refractivity (Wildman–Crippen MR) is 211 cm³/mol. The van der Waals surface area contributed by atoms with Crippen LogP contribution in [0.5, 0.6) is 0 Å². The molecule has 15 heteroatoms. The maximum absolute atomic E-state index is 15.1. The van der Waals surface area contributed by atoms with E-state index in [4.69, 9.17) is 14.2 Å². The van der Waals surface area contributed by atoms with Crippen molar-refractivity contribution in [1.29, 1.82) is 0 Å². The average Bonchev–Trinajstić information content (AvgIpc) is 3.91. The van der Waals surface area contributed by atoms with Gasteiger partial charge in [0.15, 0.2) is 0 Å². The Kier molecular flexibility index (Phi) is 13.1. The molecule has 4 heterocycles. The van der Waals surface area contributed by atoms with Crippen LogP contribution in [0.4, 0.5) is 0 Å². The Balaban J connectivity index is 1.38. The number of likely N-dealkylation sites (tertiary alicyclic amines) is 1. The number of benzene rings is 2. The number of hydrogen-bond donors (Lipinski definition) is 2. The van der Waals surface area contributed by atoms with E-state index in [9.17, 15) is 14.7 Å². The smallest absolute Gasteiger partial charge is 0.313 e. The molecule has 1 spiro atoms. The van der Waals surface area contributed by atoms with Gasteiger partial charge in [-0.25, -0.2) is 4.68 Å². The first-order chi connectivity index (χ1) is 27.0. The number of allylic oxidation sites excluding steroid dienone is 1. The standard InChI is InChI=1S/C41H51BrN6O8/c1-6-8-18-32(50)43-30(23-54-5)35(26-14-10-9-11-15-26)55-40(53)33-34-38(51)48(27(22-49)20-25(3)4)37(41(34)21-28(42)36(33)56-41)39(52)46(19-7-2)24-47-31-17-13-12-16-29(31)44-45-47/h6-7,9-17,25,27-28,30,33-37,49H,1-2,8,18-24H2,3-5H3,(H,43,50)/t27-,28?,30-,33+,34-,35-,36+,37+,41-/m1/s1. The van der Waals surface area contributed by atoms with E-state index in [0.717, 1.165) is 5.52 Å². The molecule has 3 amide bonds. The van der Waals surface area contributed by atoms with Crippen LogP contribution in [0, 0.1) is 17.8 Å². The lowest BCUT2D eigenvalue weighted by molar-refractivity contribution is -0.163. The minimum Gasteiger partial charge on any atom is -0.455 e. The highest BCUT2D eigenvalue weighted by Crippen LogP contribution is 2.61. The van der Waals surface area contributed by atoms with Crippen molar-refractivity contribution in [3.63, 3.8) is 0 Å². The summed E-state index contributed by atoms with van der Waals surface area (Å²) in [7, 11) is 1.49. The number of fused-ring (bicyclic) bond motifs is 2. The SMILES string of the molecule is C=CCCC(=O)N[C@H](COC)[C@H](OC(=O)[C@@H]1[C@H]2O[C@@]3(CC2Br)[C@H](C(=O)N(CC=C)Cn2nnc4ccccc42)N([C@@H](CO)CC(C)C)C(=O)[C@@H]13)c1ccccc1. The molecule has 2 bridgehead atoms. The molecule has 0 radical (unpaired) electrons. The third-order valence-electron chi connectivity index (χ3n) is 11.0. The van der Waals surface area contributed by atoms with E-state index < -0.39 is 77.0 Å². The highest BCUT2D eigenvalue weighted by molar-refractivity contribution is 9.09. The fourth-order valence-corrected chi connectivity index (χ4v) is 9.63.